The molecule has 4 nitrogen and oxygen atoms in total. The van der Waals surface area contributed by atoms with Crippen molar-refractivity contribution in [1.29, 1.82) is 0 Å². The van der Waals surface area contributed by atoms with Gasteiger partial charge in [0.05, 0.1) is 6.61 Å². The van der Waals surface area contributed by atoms with Gasteiger partial charge < -0.3 is 15.4 Å². The second-order valence-electron chi connectivity index (χ2n) is 4.44. The number of nitrogens with zero attached hydrogens (tertiary/aromatic N) is 1. The molecule has 0 saturated heterocycles. The molecule has 0 bridgehead atoms. The van der Waals surface area contributed by atoms with Gasteiger partial charge >= 0.3 is 0 Å². The van der Waals surface area contributed by atoms with Crippen molar-refractivity contribution in [3.05, 3.63) is 0 Å². The maximum Gasteiger partial charge on any atom is 0.191 e. The van der Waals surface area contributed by atoms with Crippen molar-refractivity contribution in [2.45, 2.75) is 40.2 Å². The van der Waals surface area contributed by atoms with E-state index in [1.807, 2.05) is 0 Å². The molecule has 0 aromatic heterocycles. The largest absolute Gasteiger partial charge is 0.383 e. The minimum atomic E-state index is 0.279. The van der Waals surface area contributed by atoms with Crippen LogP contribution in [0.25, 0.3) is 0 Å². The van der Waals surface area contributed by atoms with Crippen LogP contribution in [0.2, 0.25) is 0 Å². The van der Waals surface area contributed by atoms with E-state index in [9.17, 15) is 0 Å². The summed E-state index contributed by atoms with van der Waals surface area (Å²) in [6, 6.07) is 0.279. The van der Waals surface area contributed by atoms with Crippen LogP contribution in [0.3, 0.4) is 0 Å². The zero-order chi connectivity index (χ0) is 12.4. The highest BCUT2D eigenvalue weighted by Gasteiger charge is 2.03. The molecule has 0 amide bonds. The van der Waals surface area contributed by atoms with Crippen molar-refractivity contribution in [3.8, 4) is 0 Å². The van der Waals surface area contributed by atoms with E-state index in [0.717, 1.165) is 25.5 Å². The number of rotatable bonds is 7. The number of ether oxygens (including phenoxy) is 1. The van der Waals surface area contributed by atoms with Crippen LogP contribution in [0.5, 0.6) is 0 Å². The lowest BCUT2D eigenvalue weighted by molar-refractivity contribution is 0.179. The summed E-state index contributed by atoms with van der Waals surface area (Å²) in [6.45, 7) is 11.0. The normalized spacial score (nSPS) is 14.0. The molecular formula is C12H27N3O. The number of nitrogens with one attached hydrogen (secondary N) is 2. The third-order valence-electron chi connectivity index (χ3n) is 2.12. The van der Waals surface area contributed by atoms with Crippen LogP contribution in [0, 0.1) is 5.92 Å². The average Bonchev–Trinajstić information content (AvgIpc) is 2.17. The van der Waals surface area contributed by atoms with Gasteiger partial charge in [-0.05, 0) is 26.2 Å². The van der Waals surface area contributed by atoms with Crippen LogP contribution in [0.15, 0.2) is 4.99 Å². The fourth-order valence-electron chi connectivity index (χ4n) is 1.28. The van der Waals surface area contributed by atoms with E-state index in [0.29, 0.717) is 12.5 Å². The van der Waals surface area contributed by atoms with Gasteiger partial charge in [0.2, 0.25) is 0 Å². The van der Waals surface area contributed by atoms with E-state index in [4.69, 9.17) is 4.74 Å². The van der Waals surface area contributed by atoms with E-state index < -0.39 is 0 Å². The monoisotopic (exact) mass is 229 g/mol. The van der Waals surface area contributed by atoms with Crippen molar-refractivity contribution in [1.82, 2.24) is 10.6 Å². The van der Waals surface area contributed by atoms with Crippen molar-refractivity contribution in [3.63, 3.8) is 0 Å². The van der Waals surface area contributed by atoms with Gasteiger partial charge in [-0.15, -0.1) is 0 Å². The third-order valence-corrected chi connectivity index (χ3v) is 2.12. The zero-order valence-corrected chi connectivity index (χ0v) is 11.3. The Kier molecular flexibility index (Phi) is 9.00. The molecule has 0 radical (unpaired) electrons. The maximum atomic E-state index is 5.08. The van der Waals surface area contributed by atoms with Gasteiger partial charge in [-0.2, -0.15) is 0 Å². The summed E-state index contributed by atoms with van der Waals surface area (Å²) in [7, 11) is 1.71. The first-order valence-corrected chi connectivity index (χ1v) is 6.13. The quantitative estimate of drug-likeness (QED) is 0.515. The van der Waals surface area contributed by atoms with Crippen LogP contribution in [-0.2, 0) is 4.74 Å². The van der Waals surface area contributed by atoms with Crippen LogP contribution in [-0.4, -0.2) is 38.8 Å². The van der Waals surface area contributed by atoms with Crippen LogP contribution in [0.1, 0.15) is 34.1 Å². The molecule has 1 unspecified atom stereocenters. The molecule has 0 aliphatic heterocycles. The molecule has 0 aromatic carbocycles. The Morgan fingerprint density at radius 2 is 2.00 bits per heavy atom. The van der Waals surface area contributed by atoms with E-state index in [1.54, 1.807) is 7.11 Å². The smallest absolute Gasteiger partial charge is 0.191 e. The molecule has 0 aromatic rings. The third kappa shape index (κ3) is 8.53. The highest BCUT2D eigenvalue weighted by atomic mass is 16.5. The topological polar surface area (TPSA) is 45.7 Å². The summed E-state index contributed by atoms with van der Waals surface area (Å²) < 4.78 is 5.08. The van der Waals surface area contributed by atoms with Crippen molar-refractivity contribution in [2.24, 2.45) is 10.9 Å². The molecule has 0 spiro atoms. The van der Waals surface area contributed by atoms with Crippen molar-refractivity contribution >= 4 is 5.96 Å². The lowest BCUT2D eigenvalue weighted by Crippen LogP contribution is -2.44. The highest BCUT2D eigenvalue weighted by molar-refractivity contribution is 5.80. The molecule has 16 heavy (non-hydrogen) atoms. The Hall–Kier alpha value is -0.770. The summed E-state index contributed by atoms with van der Waals surface area (Å²) in [6.07, 6.45) is 1.12. The van der Waals surface area contributed by atoms with Crippen LogP contribution in [0.4, 0.5) is 0 Å². The summed E-state index contributed by atoms with van der Waals surface area (Å²) in [5, 5.41) is 6.54. The predicted molar refractivity (Wildman–Crippen MR) is 69.9 cm³/mol. The molecule has 0 aliphatic rings. The Morgan fingerprint density at radius 3 is 2.50 bits per heavy atom. The standard InChI is InChI=1S/C12H27N3O/c1-6-13-12(14-8-7-10(2)3)15-11(4)9-16-5/h10-11H,6-9H2,1-5H3,(H2,13,14,15). The average molecular weight is 229 g/mol. The zero-order valence-electron chi connectivity index (χ0n) is 11.3. The Balaban J connectivity index is 4.03. The molecule has 4 heteroatoms. The van der Waals surface area contributed by atoms with E-state index in [-0.39, 0.29) is 6.04 Å². The molecule has 0 heterocycles. The Bertz CT molecular complexity index is 193. The molecule has 2 N–H and O–H groups in total. The molecule has 0 rings (SSSR count). The van der Waals surface area contributed by atoms with Gasteiger partial charge in [0.25, 0.3) is 0 Å². The van der Waals surface area contributed by atoms with Gasteiger partial charge in [-0.25, -0.2) is 0 Å². The Morgan fingerprint density at radius 1 is 1.31 bits per heavy atom. The van der Waals surface area contributed by atoms with Crippen molar-refractivity contribution in [2.75, 3.05) is 26.8 Å². The first kappa shape index (κ1) is 15.2. The second kappa shape index (κ2) is 9.46. The Labute approximate surface area is 99.9 Å². The molecule has 0 fully saturated rings. The van der Waals surface area contributed by atoms with Gasteiger partial charge in [0, 0.05) is 26.2 Å². The number of methoxy groups -OCH3 is 1. The molecule has 1 atom stereocenters. The van der Waals surface area contributed by atoms with Gasteiger partial charge in [0.15, 0.2) is 5.96 Å². The molecule has 96 valence electrons. The molecule has 0 saturated carbocycles. The number of guanidine groups is 1. The van der Waals surface area contributed by atoms with Gasteiger partial charge in [0.1, 0.15) is 0 Å². The van der Waals surface area contributed by atoms with Crippen LogP contribution >= 0.6 is 0 Å². The number of hydrogen-bond donors (Lipinski definition) is 2. The maximum absolute atomic E-state index is 5.08. The minimum Gasteiger partial charge on any atom is -0.383 e. The molecular weight excluding hydrogens is 202 g/mol. The lowest BCUT2D eigenvalue weighted by Gasteiger charge is -2.17. The highest BCUT2D eigenvalue weighted by Crippen LogP contribution is 1.98. The molecule has 0 aliphatic carbocycles. The van der Waals surface area contributed by atoms with Crippen LogP contribution < -0.4 is 10.6 Å². The summed E-state index contributed by atoms with van der Waals surface area (Å²) >= 11 is 0. The van der Waals surface area contributed by atoms with Gasteiger partial charge in [-0.1, -0.05) is 13.8 Å². The van der Waals surface area contributed by atoms with E-state index >= 15 is 0 Å². The summed E-state index contributed by atoms with van der Waals surface area (Å²) in [5.74, 6) is 1.58. The SMILES string of the molecule is CCNC(=NCCC(C)C)NC(C)COC. The van der Waals surface area contributed by atoms with Gasteiger partial charge in [-0.3, -0.25) is 4.99 Å². The van der Waals surface area contributed by atoms with Crippen molar-refractivity contribution < 1.29 is 4.74 Å². The fourth-order valence-corrected chi connectivity index (χ4v) is 1.28. The summed E-state index contributed by atoms with van der Waals surface area (Å²) in [5.41, 5.74) is 0. The number of hydrogen-bond acceptors (Lipinski definition) is 2. The first-order valence-electron chi connectivity index (χ1n) is 6.13. The van der Waals surface area contributed by atoms with E-state index in [1.165, 1.54) is 0 Å². The lowest BCUT2D eigenvalue weighted by atomic mass is 10.1. The summed E-state index contributed by atoms with van der Waals surface area (Å²) in [4.78, 5) is 4.51. The first-order chi connectivity index (χ1) is 7.60. The minimum absolute atomic E-state index is 0.279. The number of aliphatic imine (C=N–C) groups is 1. The van der Waals surface area contributed by atoms with E-state index in [2.05, 4.69) is 43.3 Å². The predicted octanol–water partition coefficient (Wildman–Crippen LogP) is 1.62. The second-order valence-corrected chi connectivity index (χ2v) is 4.44. The fraction of sp³-hybridized carbons (Fsp3) is 0.917.